The Kier molecular flexibility index (Phi) is 4.43. The van der Waals surface area contributed by atoms with Crippen molar-refractivity contribution >= 4 is 11.7 Å². The standard InChI is InChI=1S/C15H23N3O/c1-11-8-9-18(10-11)15(19)17-14-6-4-13(5-7-14)12(2)16-3/h4-7,11-12,16H,8-10H2,1-3H3,(H,17,19). The Morgan fingerprint density at radius 3 is 2.58 bits per heavy atom. The van der Waals surface area contributed by atoms with Crippen LogP contribution in [-0.2, 0) is 0 Å². The first-order valence-corrected chi connectivity index (χ1v) is 6.93. The lowest BCUT2D eigenvalue weighted by atomic mass is 10.1. The van der Waals surface area contributed by atoms with Gasteiger partial charge in [-0.3, -0.25) is 0 Å². The molecule has 2 rings (SSSR count). The fourth-order valence-electron chi connectivity index (χ4n) is 2.34. The number of hydrogen-bond donors (Lipinski definition) is 2. The third-order valence-corrected chi connectivity index (χ3v) is 3.81. The summed E-state index contributed by atoms with van der Waals surface area (Å²) in [5.41, 5.74) is 2.08. The Labute approximate surface area is 115 Å². The molecule has 4 heteroatoms. The maximum Gasteiger partial charge on any atom is 0.321 e. The number of carbonyl (C=O) groups excluding carboxylic acids is 1. The van der Waals surface area contributed by atoms with Crippen LogP contribution in [0.5, 0.6) is 0 Å². The Morgan fingerprint density at radius 1 is 1.37 bits per heavy atom. The van der Waals surface area contributed by atoms with Gasteiger partial charge in [-0.15, -0.1) is 0 Å². The van der Waals surface area contributed by atoms with Gasteiger partial charge in [-0.1, -0.05) is 19.1 Å². The minimum Gasteiger partial charge on any atom is -0.324 e. The summed E-state index contributed by atoms with van der Waals surface area (Å²) in [6, 6.07) is 8.34. The molecule has 0 spiro atoms. The molecule has 1 aliphatic heterocycles. The zero-order valence-electron chi connectivity index (χ0n) is 11.9. The normalized spacial score (nSPS) is 20.4. The van der Waals surface area contributed by atoms with Gasteiger partial charge in [0.1, 0.15) is 0 Å². The minimum atomic E-state index is 0.0127. The van der Waals surface area contributed by atoms with E-state index in [2.05, 4.69) is 24.5 Å². The van der Waals surface area contributed by atoms with Crippen molar-refractivity contribution in [2.24, 2.45) is 5.92 Å². The zero-order chi connectivity index (χ0) is 13.8. The number of likely N-dealkylation sites (tertiary alicyclic amines) is 1. The van der Waals surface area contributed by atoms with Crippen LogP contribution in [0.3, 0.4) is 0 Å². The minimum absolute atomic E-state index is 0.0127. The second-order valence-electron chi connectivity index (χ2n) is 5.40. The SMILES string of the molecule is CNC(C)c1ccc(NC(=O)N2CCC(C)C2)cc1. The van der Waals surface area contributed by atoms with Crippen molar-refractivity contribution in [1.82, 2.24) is 10.2 Å². The molecule has 4 nitrogen and oxygen atoms in total. The van der Waals surface area contributed by atoms with E-state index in [-0.39, 0.29) is 6.03 Å². The number of amides is 2. The number of rotatable bonds is 3. The van der Waals surface area contributed by atoms with Gasteiger partial charge in [-0.25, -0.2) is 4.79 Å². The molecule has 1 heterocycles. The quantitative estimate of drug-likeness (QED) is 0.878. The fraction of sp³-hybridized carbons (Fsp3) is 0.533. The summed E-state index contributed by atoms with van der Waals surface area (Å²) < 4.78 is 0. The highest BCUT2D eigenvalue weighted by Gasteiger charge is 2.22. The van der Waals surface area contributed by atoms with E-state index in [1.54, 1.807) is 0 Å². The molecule has 1 saturated heterocycles. The van der Waals surface area contributed by atoms with Crippen molar-refractivity contribution in [1.29, 1.82) is 0 Å². The first-order chi connectivity index (χ1) is 9.10. The summed E-state index contributed by atoms with van der Waals surface area (Å²) in [4.78, 5) is 13.9. The zero-order valence-corrected chi connectivity index (χ0v) is 11.9. The van der Waals surface area contributed by atoms with E-state index in [0.29, 0.717) is 12.0 Å². The molecule has 104 valence electrons. The van der Waals surface area contributed by atoms with Crippen molar-refractivity contribution in [2.45, 2.75) is 26.3 Å². The molecule has 1 fully saturated rings. The van der Waals surface area contributed by atoms with E-state index in [1.165, 1.54) is 5.56 Å². The smallest absolute Gasteiger partial charge is 0.321 e. The number of hydrogen-bond acceptors (Lipinski definition) is 2. The van der Waals surface area contributed by atoms with Gasteiger partial charge < -0.3 is 15.5 Å². The lowest BCUT2D eigenvalue weighted by Crippen LogP contribution is -2.32. The molecule has 2 atom stereocenters. The fourth-order valence-corrected chi connectivity index (χ4v) is 2.34. The third-order valence-electron chi connectivity index (χ3n) is 3.81. The molecule has 2 N–H and O–H groups in total. The number of nitrogens with zero attached hydrogens (tertiary/aromatic N) is 1. The molecule has 2 unspecified atom stereocenters. The second-order valence-corrected chi connectivity index (χ2v) is 5.40. The van der Waals surface area contributed by atoms with E-state index in [1.807, 2.05) is 36.2 Å². The Hall–Kier alpha value is -1.55. The molecule has 0 radical (unpaired) electrons. The van der Waals surface area contributed by atoms with E-state index >= 15 is 0 Å². The van der Waals surface area contributed by atoms with Crippen molar-refractivity contribution in [3.8, 4) is 0 Å². The highest BCUT2D eigenvalue weighted by atomic mass is 16.2. The maximum atomic E-state index is 12.0. The predicted molar refractivity (Wildman–Crippen MR) is 78.3 cm³/mol. The predicted octanol–water partition coefficient (Wildman–Crippen LogP) is 2.84. The highest BCUT2D eigenvalue weighted by Crippen LogP contribution is 2.18. The number of anilines is 1. The molecule has 1 aromatic rings. The maximum absolute atomic E-state index is 12.0. The second kappa shape index (κ2) is 6.06. The van der Waals surface area contributed by atoms with Gasteiger partial charge in [-0.2, -0.15) is 0 Å². The summed E-state index contributed by atoms with van der Waals surface area (Å²) in [6.45, 7) is 6.02. The Balaban J connectivity index is 1.94. The van der Waals surface area contributed by atoms with Gasteiger partial charge in [0.05, 0.1) is 0 Å². The Bertz CT molecular complexity index is 430. The van der Waals surface area contributed by atoms with Crippen LogP contribution in [0.25, 0.3) is 0 Å². The lowest BCUT2D eigenvalue weighted by Gasteiger charge is -2.17. The summed E-state index contributed by atoms with van der Waals surface area (Å²) in [7, 11) is 1.94. The average molecular weight is 261 g/mol. The Morgan fingerprint density at radius 2 is 2.05 bits per heavy atom. The highest BCUT2D eigenvalue weighted by molar-refractivity contribution is 5.89. The molecule has 0 saturated carbocycles. The van der Waals surface area contributed by atoms with Gasteiger partial charge in [0.25, 0.3) is 0 Å². The molecule has 1 aromatic carbocycles. The van der Waals surface area contributed by atoms with Crippen molar-refractivity contribution in [3.05, 3.63) is 29.8 Å². The van der Waals surface area contributed by atoms with Gasteiger partial charge in [0.15, 0.2) is 0 Å². The van der Waals surface area contributed by atoms with Crippen LogP contribution < -0.4 is 10.6 Å². The topological polar surface area (TPSA) is 44.4 Å². The van der Waals surface area contributed by atoms with Gasteiger partial charge in [0.2, 0.25) is 0 Å². The number of urea groups is 1. The molecular weight excluding hydrogens is 238 g/mol. The summed E-state index contributed by atoms with van der Waals surface area (Å²) in [6.07, 6.45) is 1.10. The third kappa shape index (κ3) is 3.47. The van der Waals surface area contributed by atoms with E-state index < -0.39 is 0 Å². The first kappa shape index (κ1) is 13.9. The van der Waals surface area contributed by atoms with Gasteiger partial charge in [0, 0.05) is 24.8 Å². The molecule has 0 aromatic heterocycles. The average Bonchev–Trinajstić information content (AvgIpc) is 2.85. The number of nitrogens with one attached hydrogen (secondary N) is 2. The molecule has 2 amide bonds. The molecule has 0 aliphatic carbocycles. The van der Waals surface area contributed by atoms with Crippen LogP contribution in [0.2, 0.25) is 0 Å². The van der Waals surface area contributed by atoms with Gasteiger partial charge in [-0.05, 0) is 44.0 Å². The summed E-state index contributed by atoms with van der Waals surface area (Å²) >= 11 is 0. The largest absolute Gasteiger partial charge is 0.324 e. The van der Waals surface area contributed by atoms with Crippen molar-refractivity contribution in [3.63, 3.8) is 0 Å². The van der Waals surface area contributed by atoms with Crippen LogP contribution in [0.1, 0.15) is 31.9 Å². The lowest BCUT2D eigenvalue weighted by molar-refractivity contribution is 0.221. The van der Waals surface area contributed by atoms with Crippen molar-refractivity contribution < 1.29 is 4.79 Å². The number of benzene rings is 1. The number of carbonyl (C=O) groups is 1. The first-order valence-electron chi connectivity index (χ1n) is 6.93. The molecule has 0 bridgehead atoms. The van der Waals surface area contributed by atoms with Crippen LogP contribution in [0.4, 0.5) is 10.5 Å². The van der Waals surface area contributed by atoms with Crippen LogP contribution in [-0.4, -0.2) is 31.1 Å². The monoisotopic (exact) mass is 261 g/mol. The van der Waals surface area contributed by atoms with Crippen LogP contribution in [0, 0.1) is 5.92 Å². The van der Waals surface area contributed by atoms with Crippen molar-refractivity contribution in [2.75, 3.05) is 25.5 Å². The molecule has 1 aliphatic rings. The molecular formula is C15H23N3O. The van der Waals surface area contributed by atoms with E-state index in [0.717, 1.165) is 25.2 Å². The van der Waals surface area contributed by atoms with Gasteiger partial charge >= 0.3 is 6.03 Å². The summed E-state index contributed by atoms with van der Waals surface area (Å²) in [5.74, 6) is 0.615. The van der Waals surface area contributed by atoms with Crippen LogP contribution >= 0.6 is 0 Å². The van der Waals surface area contributed by atoms with E-state index in [9.17, 15) is 4.79 Å². The summed E-state index contributed by atoms with van der Waals surface area (Å²) in [5, 5.41) is 6.15. The van der Waals surface area contributed by atoms with Crippen LogP contribution in [0.15, 0.2) is 24.3 Å². The molecule has 19 heavy (non-hydrogen) atoms. The van der Waals surface area contributed by atoms with E-state index in [4.69, 9.17) is 0 Å².